The Morgan fingerprint density at radius 2 is 2.26 bits per heavy atom. The van der Waals surface area contributed by atoms with Crippen LogP contribution < -0.4 is 4.90 Å². The summed E-state index contributed by atoms with van der Waals surface area (Å²) in [6.07, 6.45) is 4.25. The summed E-state index contributed by atoms with van der Waals surface area (Å²) in [5.74, 6) is 0.880. The summed E-state index contributed by atoms with van der Waals surface area (Å²) in [6, 6.07) is 8.35. The fourth-order valence-corrected chi connectivity index (χ4v) is 3.50. The molecule has 0 spiro atoms. The molecule has 0 N–H and O–H groups in total. The van der Waals surface area contributed by atoms with E-state index in [1.165, 1.54) is 12.1 Å². The first-order chi connectivity index (χ1) is 11.1. The second-order valence-electron chi connectivity index (χ2n) is 5.16. The molecule has 118 valence electrons. The molecule has 0 unspecified atom stereocenters. The maximum atomic E-state index is 12.5. The summed E-state index contributed by atoms with van der Waals surface area (Å²) >= 11 is 1.72. The second-order valence-corrected chi connectivity index (χ2v) is 6.30. The molecule has 0 saturated carbocycles. The quantitative estimate of drug-likeness (QED) is 0.636. The van der Waals surface area contributed by atoms with Crippen molar-refractivity contribution in [2.24, 2.45) is 0 Å². The van der Waals surface area contributed by atoms with Gasteiger partial charge in [0.05, 0.1) is 16.8 Å². The predicted octanol–water partition coefficient (Wildman–Crippen LogP) is 3.06. The van der Waals surface area contributed by atoms with Crippen molar-refractivity contribution in [1.29, 1.82) is 0 Å². The number of nitro benzene ring substituents is 1. The summed E-state index contributed by atoms with van der Waals surface area (Å²) in [4.78, 5) is 29.8. The minimum Gasteiger partial charge on any atom is -0.309 e. The van der Waals surface area contributed by atoms with E-state index in [1.807, 2.05) is 12.1 Å². The number of hydrogen-bond donors (Lipinski definition) is 0. The normalized spacial score (nSPS) is 13.5. The molecule has 0 radical (unpaired) electrons. The molecule has 0 fully saturated rings. The van der Waals surface area contributed by atoms with Crippen LogP contribution in [0.5, 0.6) is 0 Å². The lowest BCUT2D eigenvalue weighted by molar-refractivity contribution is -0.384. The molecule has 7 heteroatoms. The van der Waals surface area contributed by atoms with Crippen LogP contribution in [0.25, 0.3) is 0 Å². The van der Waals surface area contributed by atoms with Crippen molar-refractivity contribution >= 4 is 29.0 Å². The maximum absolute atomic E-state index is 12.5. The van der Waals surface area contributed by atoms with Gasteiger partial charge in [0.1, 0.15) is 0 Å². The molecule has 3 rings (SSSR count). The van der Waals surface area contributed by atoms with E-state index in [1.54, 1.807) is 35.1 Å². The Balaban J connectivity index is 1.69. The molecule has 2 heterocycles. The van der Waals surface area contributed by atoms with Crippen LogP contribution in [0.3, 0.4) is 0 Å². The number of rotatable bonds is 4. The van der Waals surface area contributed by atoms with Crippen molar-refractivity contribution in [3.63, 3.8) is 0 Å². The predicted molar refractivity (Wildman–Crippen MR) is 88.7 cm³/mol. The number of carbonyl (C=O) groups is 1. The summed E-state index contributed by atoms with van der Waals surface area (Å²) in [7, 11) is 0. The summed E-state index contributed by atoms with van der Waals surface area (Å²) in [6.45, 7) is 0.664. The van der Waals surface area contributed by atoms with Gasteiger partial charge >= 0.3 is 0 Å². The monoisotopic (exact) mass is 329 g/mol. The summed E-state index contributed by atoms with van der Waals surface area (Å²) in [5, 5.41) is 10.8. The van der Waals surface area contributed by atoms with Crippen LogP contribution >= 0.6 is 11.8 Å². The van der Waals surface area contributed by atoms with Crippen molar-refractivity contribution < 1.29 is 9.72 Å². The second kappa shape index (κ2) is 6.78. The Kier molecular flexibility index (Phi) is 4.57. The van der Waals surface area contributed by atoms with Crippen LogP contribution in [-0.4, -0.2) is 28.1 Å². The lowest BCUT2D eigenvalue weighted by Gasteiger charge is -2.28. The molecule has 1 aromatic carbocycles. The Morgan fingerprint density at radius 3 is 3.09 bits per heavy atom. The number of anilines is 1. The first kappa shape index (κ1) is 15.5. The zero-order valence-electron chi connectivity index (χ0n) is 12.3. The molecule has 2 aromatic rings. The molecule has 1 amide bonds. The number of aryl methyl sites for hydroxylation is 1. The van der Waals surface area contributed by atoms with Gasteiger partial charge in [0.15, 0.2) is 0 Å². The van der Waals surface area contributed by atoms with E-state index in [9.17, 15) is 14.9 Å². The summed E-state index contributed by atoms with van der Waals surface area (Å²) in [5.41, 5.74) is 1.71. The van der Waals surface area contributed by atoms with Crippen LogP contribution in [0.15, 0.2) is 47.6 Å². The highest BCUT2D eigenvalue weighted by Gasteiger charge is 2.22. The number of carbonyl (C=O) groups excluding carboxylic acids is 1. The Morgan fingerprint density at radius 1 is 1.39 bits per heavy atom. The maximum Gasteiger partial charge on any atom is 0.269 e. The molecule has 1 aliphatic heterocycles. The van der Waals surface area contributed by atoms with Gasteiger partial charge < -0.3 is 4.90 Å². The van der Waals surface area contributed by atoms with Gasteiger partial charge in [0.2, 0.25) is 5.91 Å². The average Bonchev–Trinajstić information content (AvgIpc) is 2.59. The third-order valence-corrected chi connectivity index (χ3v) is 4.72. The van der Waals surface area contributed by atoms with Gasteiger partial charge in [-0.05, 0) is 18.1 Å². The molecule has 0 atom stereocenters. The molecule has 0 bridgehead atoms. The lowest BCUT2D eigenvalue weighted by Crippen LogP contribution is -2.35. The van der Waals surface area contributed by atoms with E-state index in [0.29, 0.717) is 19.4 Å². The van der Waals surface area contributed by atoms with E-state index in [2.05, 4.69) is 4.98 Å². The van der Waals surface area contributed by atoms with Gasteiger partial charge in [0.25, 0.3) is 5.69 Å². The first-order valence-corrected chi connectivity index (χ1v) is 8.24. The number of benzene rings is 1. The topological polar surface area (TPSA) is 76.3 Å². The average molecular weight is 329 g/mol. The number of nitro groups is 1. The van der Waals surface area contributed by atoms with Crippen LogP contribution in [0.1, 0.15) is 12.0 Å². The molecular weight excluding hydrogens is 314 g/mol. The highest BCUT2D eigenvalue weighted by Crippen LogP contribution is 2.34. The van der Waals surface area contributed by atoms with Gasteiger partial charge in [0, 0.05) is 41.9 Å². The zero-order valence-corrected chi connectivity index (χ0v) is 13.2. The van der Waals surface area contributed by atoms with Crippen molar-refractivity contribution in [2.75, 3.05) is 17.2 Å². The number of aromatic nitrogens is 1. The van der Waals surface area contributed by atoms with Crippen molar-refractivity contribution in [3.05, 3.63) is 58.4 Å². The fourth-order valence-electron chi connectivity index (χ4n) is 2.54. The number of nitrogens with zero attached hydrogens (tertiary/aromatic N) is 3. The van der Waals surface area contributed by atoms with Crippen LogP contribution in [0.2, 0.25) is 0 Å². The Hall–Kier alpha value is -2.41. The highest BCUT2D eigenvalue weighted by atomic mass is 32.2. The minimum atomic E-state index is -0.422. The van der Waals surface area contributed by atoms with E-state index in [-0.39, 0.29) is 11.6 Å². The molecule has 1 aromatic heterocycles. The van der Waals surface area contributed by atoms with Gasteiger partial charge in [-0.15, -0.1) is 11.8 Å². The van der Waals surface area contributed by atoms with Gasteiger partial charge in [-0.2, -0.15) is 0 Å². The Bertz CT molecular complexity index is 751. The van der Waals surface area contributed by atoms with Crippen molar-refractivity contribution in [2.45, 2.75) is 17.7 Å². The molecule has 23 heavy (non-hydrogen) atoms. The molecular formula is C16H15N3O3S. The Labute approximate surface area is 137 Å². The summed E-state index contributed by atoms with van der Waals surface area (Å²) < 4.78 is 0. The van der Waals surface area contributed by atoms with Crippen LogP contribution in [0, 0.1) is 10.1 Å². The van der Waals surface area contributed by atoms with Gasteiger partial charge in [-0.1, -0.05) is 12.1 Å². The van der Waals surface area contributed by atoms with E-state index in [4.69, 9.17) is 0 Å². The fraction of sp³-hybridized carbons (Fsp3) is 0.250. The largest absolute Gasteiger partial charge is 0.309 e. The SMILES string of the molecule is O=C(CCc1cccc([N+](=O)[O-])c1)N1CCSc2ccncc21. The van der Waals surface area contributed by atoms with E-state index < -0.39 is 4.92 Å². The smallest absolute Gasteiger partial charge is 0.269 e. The first-order valence-electron chi connectivity index (χ1n) is 7.25. The minimum absolute atomic E-state index is 0.0195. The molecule has 0 aliphatic carbocycles. The molecule has 0 saturated heterocycles. The zero-order chi connectivity index (χ0) is 16.2. The lowest BCUT2D eigenvalue weighted by atomic mass is 10.1. The van der Waals surface area contributed by atoms with E-state index >= 15 is 0 Å². The molecule has 6 nitrogen and oxygen atoms in total. The third-order valence-electron chi connectivity index (χ3n) is 3.67. The highest BCUT2D eigenvalue weighted by molar-refractivity contribution is 7.99. The van der Waals surface area contributed by atoms with Crippen molar-refractivity contribution in [3.8, 4) is 0 Å². The third kappa shape index (κ3) is 3.50. The number of amides is 1. The number of non-ortho nitro benzene ring substituents is 1. The standard InChI is InChI=1S/C16H15N3O3S/c20-16(5-4-12-2-1-3-13(10-12)19(21)22)18-8-9-23-15-6-7-17-11-14(15)18/h1-3,6-7,10-11H,4-5,8-9H2. The van der Waals surface area contributed by atoms with Crippen LogP contribution in [-0.2, 0) is 11.2 Å². The van der Waals surface area contributed by atoms with Crippen molar-refractivity contribution in [1.82, 2.24) is 4.98 Å². The number of pyridine rings is 1. The van der Waals surface area contributed by atoms with E-state index in [0.717, 1.165) is 21.9 Å². The van der Waals surface area contributed by atoms with Crippen LogP contribution in [0.4, 0.5) is 11.4 Å². The van der Waals surface area contributed by atoms with Gasteiger partial charge in [-0.3, -0.25) is 19.9 Å². The molecule has 1 aliphatic rings. The number of thioether (sulfide) groups is 1. The number of fused-ring (bicyclic) bond motifs is 1. The van der Waals surface area contributed by atoms with Gasteiger partial charge in [-0.25, -0.2) is 0 Å². The number of hydrogen-bond acceptors (Lipinski definition) is 5.